The lowest BCUT2D eigenvalue weighted by molar-refractivity contribution is -0.123. The normalized spacial score (nSPS) is 17.8. The van der Waals surface area contributed by atoms with E-state index in [0.717, 1.165) is 5.56 Å². The SMILES string of the molecule is CC(C)(C)C(=O)C1=C(O)C(=O)N(c2ccc(Cl)cc2)C1c1ccccc1. The van der Waals surface area contributed by atoms with Crippen LogP contribution < -0.4 is 4.90 Å². The molecule has 0 bridgehead atoms. The van der Waals surface area contributed by atoms with Crippen LogP contribution in [0.4, 0.5) is 5.69 Å². The summed E-state index contributed by atoms with van der Waals surface area (Å²) in [6.07, 6.45) is 0. The first kappa shape index (κ1) is 18.2. The molecule has 0 aliphatic carbocycles. The molecule has 1 heterocycles. The van der Waals surface area contributed by atoms with Crippen LogP contribution >= 0.6 is 11.6 Å². The van der Waals surface area contributed by atoms with Crippen molar-refractivity contribution < 1.29 is 14.7 Å². The monoisotopic (exact) mass is 369 g/mol. The van der Waals surface area contributed by atoms with Crippen molar-refractivity contribution >= 4 is 29.0 Å². The molecule has 2 aromatic carbocycles. The molecule has 0 radical (unpaired) electrons. The van der Waals surface area contributed by atoms with Crippen LogP contribution in [0.3, 0.4) is 0 Å². The van der Waals surface area contributed by atoms with Gasteiger partial charge in [0.1, 0.15) is 0 Å². The topological polar surface area (TPSA) is 57.6 Å². The molecule has 1 unspecified atom stereocenters. The second-order valence-corrected chi connectivity index (χ2v) is 7.74. The maximum atomic E-state index is 13.0. The van der Waals surface area contributed by atoms with Crippen molar-refractivity contribution in [2.75, 3.05) is 4.90 Å². The number of halogens is 1. The molecule has 1 aliphatic heterocycles. The molecule has 1 N–H and O–H groups in total. The molecule has 26 heavy (non-hydrogen) atoms. The van der Waals surface area contributed by atoms with Crippen LogP contribution in [-0.4, -0.2) is 16.8 Å². The van der Waals surface area contributed by atoms with Gasteiger partial charge in [-0.3, -0.25) is 14.5 Å². The van der Waals surface area contributed by atoms with Crippen molar-refractivity contribution in [3.05, 3.63) is 76.5 Å². The Balaban J connectivity index is 2.19. The summed E-state index contributed by atoms with van der Waals surface area (Å²) in [6.45, 7) is 5.31. The standard InChI is InChI=1S/C21H20ClNO3/c1-21(2,3)19(25)16-17(13-7-5-4-6-8-13)23(20(26)18(16)24)15-11-9-14(22)10-12-15/h4-12,17,24H,1-3H3. The number of rotatable bonds is 3. The van der Waals surface area contributed by atoms with Gasteiger partial charge in [0.25, 0.3) is 5.91 Å². The highest BCUT2D eigenvalue weighted by atomic mass is 35.5. The van der Waals surface area contributed by atoms with E-state index in [1.807, 2.05) is 30.3 Å². The van der Waals surface area contributed by atoms with Crippen LogP contribution in [0.15, 0.2) is 65.9 Å². The van der Waals surface area contributed by atoms with Gasteiger partial charge < -0.3 is 5.11 Å². The quantitative estimate of drug-likeness (QED) is 0.840. The Morgan fingerprint density at radius 1 is 1.04 bits per heavy atom. The number of aliphatic hydroxyl groups is 1. The highest BCUT2D eigenvalue weighted by Crippen LogP contribution is 2.43. The molecule has 0 fully saturated rings. The molecule has 5 heteroatoms. The molecule has 0 saturated carbocycles. The Kier molecular flexibility index (Phi) is 4.63. The predicted octanol–water partition coefficient (Wildman–Crippen LogP) is 4.86. The number of carbonyl (C=O) groups excluding carboxylic acids is 2. The van der Waals surface area contributed by atoms with Crippen LogP contribution in [0.2, 0.25) is 5.02 Å². The Morgan fingerprint density at radius 2 is 1.62 bits per heavy atom. The van der Waals surface area contributed by atoms with Gasteiger partial charge in [0, 0.05) is 16.1 Å². The van der Waals surface area contributed by atoms with Crippen molar-refractivity contribution in [1.29, 1.82) is 0 Å². The van der Waals surface area contributed by atoms with Gasteiger partial charge in [-0.25, -0.2) is 0 Å². The van der Waals surface area contributed by atoms with Crippen LogP contribution in [-0.2, 0) is 9.59 Å². The van der Waals surface area contributed by atoms with E-state index in [1.54, 1.807) is 45.0 Å². The summed E-state index contributed by atoms with van der Waals surface area (Å²) in [5.41, 5.74) is 0.722. The number of carbonyl (C=O) groups is 2. The number of amides is 1. The highest BCUT2D eigenvalue weighted by Gasteiger charge is 2.46. The molecule has 0 spiro atoms. The van der Waals surface area contributed by atoms with Crippen LogP contribution in [0.25, 0.3) is 0 Å². The average Bonchev–Trinajstić information content (AvgIpc) is 2.86. The summed E-state index contributed by atoms with van der Waals surface area (Å²) in [4.78, 5) is 27.3. The maximum Gasteiger partial charge on any atom is 0.294 e. The van der Waals surface area contributed by atoms with Gasteiger partial charge in [-0.05, 0) is 29.8 Å². The fourth-order valence-corrected chi connectivity index (χ4v) is 3.19. The number of aliphatic hydroxyl groups excluding tert-OH is 1. The minimum Gasteiger partial charge on any atom is -0.503 e. The van der Waals surface area contributed by atoms with Crippen LogP contribution in [0, 0.1) is 5.41 Å². The Morgan fingerprint density at radius 3 is 2.15 bits per heavy atom. The van der Waals surface area contributed by atoms with E-state index in [2.05, 4.69) is 0 Å². The summed E-state index contributed by atoms with van der Waals surface area (Å²) in [6, 6.07) is 15.3. The van der Waals surface area contributed by atoms with Crippen molar-refractivity contribution in [3.8, 4) is 0 Å². The number of hydrogen-bond donors (Lipinski definition) is 1. The molecule has 134 valence electrons. The first-order chi connectivity index (χ1) is 12.2. The number of Topliss-reactive ketones (excluding diaryl/α,β-unsaturated/α-hetero) is 1. The molecule has 1 aliphatic rings. The van der Waals surface area contributed by atoms with Gasteiger partial charge in [0.05, 0.1) is 11.6 Å². The molecule has 4 nitrogen and oxygen atoms in total. The van der Waals surface area contributed by atoms with E-state index in [4.69, 9.17) is 11.6 Å². The van der Waals surface area contributed by atoms with Gasteiger partial charge in [-0.2, -0.15) is 0 Å². The van der Waals surface area contributed by atoms with Gasteiger partial charge >= 0.3 is 0 Å². The second-order valence-electron chi connectivity index (χ2n) is 7.31. The zero-order valence-electron chi connectivity index (χ0n) is 14.9. The first-order valence-electron chi connectivity index (χ1n) is 8.34. The summed E-state index contributed by atoms with van der Waals surface area (Å²) in [7, 11) is 0. The van der Waals surface area contributed by atoms with Crippen molar-refractivity contribution in [2.24, 2.45) is 5.41 Å². The van der Waals surface area contributed by atoms with E-state index < -0.39 is 23.1 Å². The zero-order valence-corrected chi connectivity index (χ0v) is 15.6. The summed E-state index contributed by atoms with van der Waals surface area (Å²) >= 11 is 5.96. The Bertz CT molecular complexity index is 880. The Labute approximate surface area is 157 Å². The molecule has 3 rings (SSSR count). The van der Waals surface area contributed by atoms with Gasteiger partial charge in [-0.1, -0.05) is 62.7 Å². The molecule has 1 atom stereocenters. The molecular formula is C21H20ClNO3. The first-order valence-corrected chi connectivity index (χ1v) is 8.71. The van der Waals surface area contributed by atoms with Crippen molar-refractivity contribution in [1.82, 2.24) is 0 Å². The van der Waals surface area contributed by atoms with E-state index in [0.29, 0.717) is 10.7 Å². The molecular weight excluding hydrogens is 350 g/mol. The third-order valence-electron chi connectivity index (χ3n) is 4.35. The third kappa shape index (κ3) is 3.13. The van der Waals surface area contributed by atoms with Gasteiger partial charge in [0.2, 0.25) is 0 Å². The second kappa shape index (κ2) is 6.61. The summed E-state index contributed by atoms with van der Waals surface area (Å²) in [5, 5.41) is 11.1. The number of hydrogen-bond acceptors (Lipinski definition) is 3. The van der Waals surface area contributed by atoms with Crippen LogP contribution in [0.5, 0.6) is 0 Å². The fraction of sp³-hybridized carbons (Fsp3) is 0.238. The van der Waals surface area contributed by atoms with Gasteiger partial charge in [0.15, 0.2) is 11.5 Å². The van der Waals surface area contributed by atoms with E-state index in [-0.39, 0.29) is 11.4 Å². The average molecular weight is 370 g/mol. The van der Waals surface area contributed by atoms with E-state index in [1.165, 1.54) is 4.90 Å². The fourth-order valence-electron chi connectivity index (χ4n) is 3.06. The minimum absolute atomic E-state index is 0.128. The molecule has 0 aromatic heterocycles. The number of ketones is 1. The molecule has 2 aromatic rings. The Hall–Kier alpha value is -2.59. The third-order valence-corrected chi connectivity index (χ3v) is 4.61. The van der Waals surface area contributed by atoms with Crippen molar-refractivity contribution in [2.45, 2.75) is 26.8 Å². The van der Waals surface area contributed by atoms with Gasteiger partial charge in [-0.15, -0.1) is 0 Å². The maximum absolute atomic E-state index is 13.0. The number of anilines is 1. The van der Waals surface area contributed by atoms with E-state index in [9.17, 15) is 14.7 Å². The predicted molar refractivity (Wildman–Crippen MR) is 102 cm³/mol. The molecule has 1 amide bonds. The number of nitrogens with zero attached hydrogens (tertiary/aromatic N) is 1. The highest BCUT2D eigenvalue weighted by molar-refractivity contribution is 6.30. The lowest BCUT2D eigenvalue weighted by atomic mass is 9.82. The summed E-state index contributed by atoms with van der Waals surface area (Å²) < 4.78 is 0. The lowest BCUT2D eigenvalue weighted by Crippen LogP contribution is -2.32. The minimum atomic E-state index is -0.730. The zero-order chi connectivity index (χ0) is 19.1. The summed E-state index contributed by atoms with van der Waals surface area (Å²) in [5.74, 6) is -1.34. The smallest absolute Gasteiger partial charge is 0.294 e. The number of benzene rings is 2. The molecule has 0 saturated heterocycles. The van der Waals surface area contributed by atoms with Crippen molar-refractivity contribution in [3.63, 3.8) is 0 Å². The van der Waals surface area contributed by atoms with E-state index >= 15 is 0 Å². The lowest BCUT2D eigenvalue weighted by Gasteiger charge is -2.29. The van der Waals surface area contributed by atoms with Crippen LogP contribution in [0.1, 0.15) is 32.4 Å². The largest absolute Gasteiger partial charge is 0.503 e.